The van der Waals surface area contributed by atoms with Gasteiger partial charge >= 0.3 is 0 Å². The van der Waals surface area contributed by atoms with Gasteiger partial charge in [-0.05, 0) is 34.1 Å². The third kappa shape index (κ3) is 5.07. The van der Waals surface area contributed by atoms with Gasteiger partial charge in [-0.15, -0.1) is 0 Å². The lowest BCUT2D eigenvalue weighted by Gasteiger charge is -2.20. The molecule has 1 aromatic carbocycles. The number of hydrogen-bond donors (Lipinski definition) is 2. The van der Waals surface area contributed by atoms with Crippen molar-refractivity contribution in [1.82, 2.24) is 5.32 Å². The molecule has 0 fully saturated rings. The zero-order valence-electron chi connectivity index (χ0n) is 11.5. The molecule has 3 N–H and O–H groups in total. The number of carbonyl (C=O) groups is 1. The van der Waals surface area contributed by atoms with Crippen LogP contribution in [0.25, 0.3) is 0 Å². The van der Waals surface area contributed by atoms with Crippen molar-refractivity contribution in [3.05, 3.63) is 28.2 Å². The molecular weight excluding hydrogens is 342 g/mol. The van der Waals surface area contributed by atoms with Crippen LogP contribution in [0.4, 0.5) is 5.69 Å². The minimum atomic E-state index is -0.0603. The Hall–Kier alpha value is -1.18. The number of benzene rings is 1. The highest BCUT2D eigenvalue weighted by atomic mass is 79.9. The summed E-state index contributed by atoms with van der Waals surface area (Å²) in [6, 6.07) is 5.56. The molecule has 0 unspecified atom stereocenters. The van der Waals surface area contributed by atoms with E-state index in [1.54, 1.807) is 7.11 Å². The molecule has 1 rings (SSSR count). The van der Waals surface area contributed by atoms with Crippen LogP contribution in [0.2, 0.25) is 0 Å². The van der Waals surface area contributed by atoms with Crippen molar-refractivity contribution in [3.63, 3.8) is 0 Å². The molecule has 1 amide bonds. The van der Waals surface area contributed by atoms with Gasteiger partial charge in [0.15, 0.2) is 0 Å². The number of thiocarbonyl (C=S) groups is 1. The number of likely N-dealkylation sites (N-methyl/N-ethyl adjacent to an activating group) is 1. The highest BCUT2D eigenvalue weighted by Gasteiger charge is 2.11. The summed E-state index contributed by atoms with van der Waals surface area (Å²) < 4.78 is 5.72. The van der Waals surface area contributed by atoms with E-state index in [9.17, 15) is 4.79 Å². The van der Waals surface area contributed by atoms with Crippen LogP contribution in [-0.4, -0.2) is 44.7 Å². The van der Waals surface area contributed by atoms with E-state index in [1.807, 2.05) is 30.1 Å². The summed E-state index contributed by atoms with van der Waals surface area (Å²) in [5.74, 6) is -0.0603. The van der Waals surface area contributed by atoms with E-state index < -0.39 is 0 Å². The largest absolute Gasteiger partial charge is 0.389 e. The molecule has 0 saturated heterocycles. The lowest BCUT2D eigenvalue weighted by Crippen LogP contribution is -2.36. The van der Waals surface area contributed by atoms with E-state index in [4.69, 9.17) is 22.7 Å². The molecule has 0 aliphatic heterocycles. The number of nitrogens with zero attached hydrogens (tertiary/aromatic N) is 1. The fourth-order valence-corrected chi connectivity index (χ4v) is 2.43. The van der Waals surface area contributed by atoms with Gasteiger partial charge in [0.2, 0.25) is 5.91 Å². The van der Waals surface area contributed by atoms with Gasteiger partial charge in [-0.2, -0.15) is 0 Å². The van der Waals surface area contributed by atoms with Crippen molar-refractivity contribution >= 4 is 44.7 Å². The van der Waals surface area contributed by atoms with Crippen LogP contribution >= 0.6 is 28.1 Å². The van der Waals surface area contributed by atoms with E-state index >= 15 is 0 Å². The number of anilines is 1. The molecule has 0 heterocycles. The van der Waals surface area contributed by atoms with Gasteiger partial charge in [0.25, 0.3) is 0 Å². The first-order chi connectivity index (χ1) is 9.45. The van der Waals surface area contributed by atoms with Crippen molar-refractivity contribution < 1.29 is 9.53 Å². The summed E-state index contributed by atoms with van der Waals surface area (Å²) in [6.45, 7) is 1.27. The topological polar surface area (TPSA) is 67.6 Å². The molecule has 0 aliphatic carbocycles. The Kier molecular flexibility index (Phi) is 6.90. The van der Waals surface area contributed by atoms with Crippen LogP contribution < -0.4 is 16.0 Å². The number of carbonyl (C=O) groups excluding carboxylic acids is 1. The maximum atomic E-state index is 11.7. The summed E-state index contributed by atoms with van der Waals surface area (Å²) in [4.78, 5) is 13.9. The zero-order chi connectivity index (χ0) is 15.1. The summed E-state index contributed by atoms with van der Waals surface area (Å²) >= 11 is 8.39. The molecule has 7 heteroatoms. The molecule has 0 spiro atoms. The second-order valence-corrected chi connectivity index (χ2v) is 5.52. The Morgan fingerprint density at radius 3 is 2.80 bits per heavy atom. The van der Waals surface area contributed by atoms with Crippen molar-refractivity contribution in [1.29, 1.82) is 0 Å². The van der Waals surface area contributed by atoms with Crippen LogP contribution in [0.15, 0.2) is 22.7 Å². The number of ether oxygens (including phenoxy) is 1. The maximum Gasteiger partial charge on any atom is 0.239 e. The van der Waals surface area contributed by atoms with Crippen LogP contribution in [-0.2, 0) is 9.53 Å². The van der Waals surface area contributed by atoms with E-state index in [0.717, 1.165) is 15.7 Å². The smallest absolute Gasteiger partial charge is 0.239 e. The summed E-state index contributed by atoms with van der Waals surface area (Å²) in [6.07, 6.45) is 0. The Bertz CT molecular complexity index is 497. The number of rotatable bonds is 7. The Labute approximate surface area is 132 Å². The lowest BCUT2D eigenvalue weighted by atomic mass is 10.2. The van der Waals surface area contributed by atoms with Crippen molar-refractivity contribution in [2.75, 3.05) is 38.8 Å². The van der Waals surface area contributed by atoms with Crippen LogP contribution in [0.5, 0.6) is 0 Å². The average molecular weight is 360 g/mol. The van der Waals surface area contributed by atoms with Gasteiger partial charge in [0, 0.05) is 30.7 Å². The van der Waals surface area contributed by atoms with Crippen molar-refractivity contribution in [2.45, 2.75) is 0 Å². The number of nitrogens with two attached hydrogens (primary N) is 1. The predicted molar refractivity (Wildman–Crippen MR) is 88.2 cm³/mol. The number of methoxy groups -OCH3 is 1. The molecule has 0 saturated carbocycles. The molecule has 0 bridgehead atoms. The first kappa shape index (κ1) is 16.9. The predicted octanol–water partition coefficient (Wildman–Crippen LogP) is 1.28. The number of halogens is 1. The number of nitrogens with one attached hydrogen (secondary N) is 1. The lowest BCUT2D eigenvalue weighted by molar-refractivity contribution is -0.119. The molecule has 20 heavy (non-hydrogen) atoms. The van der Waals surface area contributed by atoms with Gasteiger partial charge in [-0.25, -0.2) is 0 Å². The van der Waals surface area contributed by atoms with Gasteiger partial charge in [-0.1, -0.05) is 12.2 Å². The van der Waals surface area contributed by atoms with E-state index in [-0.39, 0.29) is 12.5 Å². The minimum Gasteiger partial charge on any atom is -0.389 e. The monoisotopic (exact) mass is 359 g/mol. The van der Waals surface area contributed by atoms with E-state index in [1.165, 1.54) is 0 Å². The third-order valence-electron chi connectivity index (χ3n) is 2.65. The van der Waals surface area contributed by atoms with Crippen molar-refractivity contribution in [2.24, 2.45) is 5.73 Å². The first-order valence-corrected chi connectivity index (χ1v) is 7.22. The maximum absolute atomic E-state index is 11.7. The van der Waals surface area contributed by atoms with E-state index in [2.05, 4.69) is 21.2 Å². The normalized spacial score (nSPS) is 10.2. The summed E-state index contributed by atoms with van der Waals surface area (Å²) in [5.41, 5.74) is 7.26. The fourth-order valence-electron chi connectivity index (χ4n) is 1.62. The SMILES string of the molecule is COCCNC(=O)CN(C)c1ccc(C(N)=S)cc1Br. The first-order valence-electron chi connectivity index (χ1n) is 6.02. The number of amides is 1. The van der Waals surface area contributed by atoms with Crippen molar-refractivity contribution in [3.8, 4) is 0 Å². The molecule has 0 radical (unpaired) electrons. The molecule has 0 aliphatic rings. The molecule has 0 atom stereocenters. The Balaban J connectivity index is 2.65. The third-order valence-corrected chi connectivity index (χ3v) is 3.52. The number of hydrogen-bond acceptors (Lipinski definition) is 4. The molecule has 110 valence electrons. The van der Waals surface area contributed by atoms with Gasteiger partial charge in [0.05, 0.1) is 18.8 Å². The Morgan fingerprint density at radius 1 is 1.55 bits per heavy atom. The highest BCUT2D eigenvalue weighted by Crippen LogP contribution is 2.26. The van der Waals surface area contributed by atoms with Gasteiger partial charge in [0.1, 0.15) is 4.99 Å². The second-order valence-electron chi connectivity index (χ2n) is 4.23. The fraction of sp³-hybridized carbons (Fsp3) is 0.385. The highest BCUT2D eigenvalue weighted by molar-refractivity contribution is 9.10. The molecule has 0 aromatic heterocycles. The van der Waals surface area contributed by atoms with Crippen LogP contribution in [0.3, 0.4) is 0 Å². The van der Waals surface area contributed by atoms with Gasteiger partial charge < -0.3 is 20.7 Å². The van der Waals surface area contributed by atoms with Crippen LogP contribution in [0, 0.1) is 0 Å². The second kappa shape index (κ2) is 8.18. The van der Waals surface area contributed by atoms with E-state index in [0.29, 0.717) is 18.1 Å². The Morgan fingerprint density at radius 2 is 2.25 bits per heavy atom. The minimum absolute atomic E-state index is 0.0603. The summed E-state index contributed by atoms with van der Waals surface area (Å²) in [5, 5.41) is 2.77. The molecule has 5 nitrogen and oxygen atoms in total. The molecular formula is C13H18BrN3O2S. The average Bonchev–Trinajstić information content (AvgIpc) is 2.38. The zero-order valence-corrected chi connectivity index (χ0v) is 13.9. The standard InChI is InChI=1S/C13H18BrN3O2S/c1-17(8-12(18)16-5-6-19-2)11-4-3-9(13(15)20)7-10(11)14/h3-4,7H,5-6,8H2,1-2H3,(H2,15,20)(H,16,18). The van der Waals surface area contributed by atoms with Gasteiger partial charge in [-0.3, -0.25) is 4.79 Å². The molecule has 1 aromatic rings. The summed E-state index contributed by atoms with van der Waals surface area (Å²) in [7, 11) is 3.44. The quantitative estimate of drug-likeness (QED) is 0.567. The van der Waals surface area contributed by atoms with Crippen LogP contribution in [0.1, 0.15) is 5.56 Å².